The fourth-order valence-electron chi connectivity index (χ4n) is 2.91. The summed E-state index contributed by atoms with van der Waals surface area (Å²) in [7, 11) is 0. The Hall–Kier alpha value is -1.90. The molecule has 0 bridgehead atoms. The molecule has 8 heteroatoms. The van der Waals surface area contributed by atoms with Crippen LogP contribution < -0.4 is 20.5 Å². The number of ether oxygens (including phenoxy) is 1. The third-order valence-corrected chi connectivity index (χ3v) is 5.07. The Kier molecular flexibility index (Phi) is 10.3. The van der Waals surface area contributed by atoms with Crippen LogP contribution in [0.25, 0.3) is 0 Å². The van der Waals surface area contributed by atoms with Crippen molar-refractivity contribution in [3.63, 3.8) is 0 Å². The second kappa shape index (κ2) is 12.7. The molecule has 2 rings (SSSR count). The molecule has 166 valence electrons. The van der Waals surface area contributed by atoms with Crippen LogP contribution in [0, 0.1) is 0 Å². The molecule has 1 aromatic carbocycles. The van der Waals surface area contributed by atoms with Gasteiger partial charge >= 0.3 is 6.18 Å². The third kappa shape index (κ3) is 9.28. The van der Waals surface area contributed by atoms with Crippen molar-refractivity contribution in [1.29, 1.82) is 0 Å². The fourth-order valence-corrected chi connectivity index (χ4v) is 3.38. The number of nitrogens with two attached hydrogens (primary N) is 1. The Labute approximate surface area is 181 Å². The van der Waals surface area contributed by atoms with Crippen molar-refractivity contribution < 1.29 is 17.9 Å². The topological polar surface area (TPSA) is 59.3 Å². The zero-order chi connectivity index (χ0) is 21.8. The Morgan fingerprint density at radius 2 is 1.87 bits per heavy atom. The molecule has 4 N–H and O–H groups in total. The highest BCUT2D eigenvalue weighted by molar-refractivity contribution is 8.01. The van der Waals surface area contributed by atoms with Gasteiger partial charge < -0.3 is 15.4 Å². The molecule has 1 aliphatic carbocycles. The molecule has 0 spiro atoms. The van der Waals surface area contributed by atoms with E-state index in [1.54, 1.807) is 0 Å². The van der Waals surface area contributed by atoms with E-state index in [0.717, 1.165) is 59.0 Å². The summed E-state index contributed by atoms with van der Waals surface area (Å²) in [6.45, 7) is 3.36. The van der Waals surface area contributed by atoms with Crippen LogP contribution in [0.5, 0.6) is 5.75 Å². The summed E-state index contributed by atoms with van der Waals surface area (Å²) < 4.78 is 43.0. The van der Waals surface area contributed by atoms with E-state index >= 15 is 0 Å². The highest BCUT2D eigenvalue weighted by Crippen LogP contribution is 2.30. The van der Waals surface area contributed by atoms with Crippen LogP contribution in [-0.2, 0) is 0 Å². The molecule has 4 nitrogen and oxygen atoms in total. The van der Waals surface area contributed by atoms with Crippen molar-refractivity contribution >= 4 is 11.9 Å². The number of nitrogens with one attached hydrogen (secondary N) is 2. The van der Waals surface area contributed by atoms with Gasteiger partial charge in [-0.2, -0.15) is 13.2 Å². The molecule has 0 aromatic heterocycles. The molecule has 0 heterocycles. The van der Waals surface area contributed by atoms with Gasteiger partial charge in [0, 0.05) is 25.2 Å². The predicted octanol–water partition coefficient (Wildman–Crippen LogP) is 5.42. The van der Waals surface area contributed by atoms with E-state index in [-0.39, 0.29) is 6.54 Å². The first-order chi connectivity index (χ1) is 14.4. The van der Waals surface area contributed by atoms with E-state index in [0.29, 0.717) is 19.4 Å². The molecule has 0 atom stereocenters. The lowest BCUT2D eigenvalue weighted by Gasteiger charge is -2.15. The first-order valence-corrected chi connectivity index (χ1v) is 11.0. The largest absolute Gasteiger partial charge is 0.460 e. The maximum Gasteiger partial charge on any atom is 0.390 e. The summed E-state index contributed by atoms with van der Waals surface area (Å²) in [5.74, 6) is 1.49. The number of halogens is 3. The maximum atomic E-state index is 12.3. The van der Waals surface area contributed by atoms with Crippen molar-refractivity contribution in [3.05, 3.63) is 64.4 Å². The molecule has 0 unspecified atom stereocenters. The lowest BCUT2D eigenvalue weighted by atomic mass is 10.1. The average molecular weight is 442 g/mol. The summed E-state index contributed by atoms with van der Waals surface area (Å²) in [5, 5.41) is 12.2. The Balaban J connectivity index is 2.11. The van der Waals surface area contributed by atoms with E-state index in [9.17, 15) is 13.2 Å². The van der Waals surface area contributed by atoms with Crippen LogP contribution in [0.15, 0.2) is 64.4 Å². The lowest BCUT2D eigenvalue weighted by molar-refractivity contribution is -0.133. The van der Waals surface area contributed by atoms with Gasteiger partial charge in [0.25, 0.3) is 0 Å². The van der Waals surface area contributed by atoms with Gasteiger partial charge in [-0.15, -0.1) is 0 Å². The quantitative estimate of drug-likeness (QED) is 0.299. The van der Waals surface area contributed by atoms with Crippen LogP contribution in [0.2, 0.25) is 0 Å². The van der Waals surface area contributed by atoms with Gasteiger partial charge in [-0.05, 0) is 61.2 Å². The van der Waals surface area contributed by atoms with Crippen molar-refractivity contribution in [2.24, 2.45) is 5.14 Å². The molecule has 0 saturated heterocycles. The molecule has 0 amide bonds. The number of rotatable bonds is 12. The van der Waals surface area contributed by atoms with Crippen molar-refractivity contribution in [2.75, 3.05) is 19.6 Å². The summed E-state index contributed by atoms with van der Waals surface area (Å²) >= 11 is 1.12. The predicted molar refractivity (Wildman–Crippen MR) is 118 cm³/mol. The minimum Gasteiger partial charge on any atom is -0.460 e. The molecular formula is C22H30F3N3OS. The molecule has 0 aliphatic heterocycles. The molecular weight excluding hydrogens is 411 g/mol. The summed E-state index contributed by atoms with van der Waals surface area (Å²) in [4.78, 5) is 0.813. The number of benzene rings is 1. The van der Waals surface area contributed by atoms with Gasteiger partial charge in [0.05, 0.1) is 11.3 Å². The second-order valence-corrected chi connectivity index (χ2v) is 7.71. The van der Waals surface area contributed by atoms with Gasteiger partial charge in [-0.3, -0.25) is 5.14 Å². The van der Waals surface area contributed by atoms with Crippen LogP contribution in [0.1, 0.15) is 39.0 Å². The maximum absolute atomic E-state index is 12.3. The van der Waals surface area contributed by atoms with Crippen molar-refractivity contribution in [2.45, 2.75) is 45.2 Å². The number of unbranched alkanes of at least 4 members (excludes halogenated alkanes) is 1. The van der Waals surface area contributed by atoms with Crippen molar-refractivity contribution in [3.8, 4) is 5.75 Å². The zero-order valence-electron chi connectivity index (χ0n) is 17.2. The van der Waals surface area contributed by atoms with Crippen LogP contribution in [0.3, 0.4) is 0 Å². The molecule has 1 aliphatic rings. The number of para-hydroxylation sites is 1. The van der Waals surface area contributed by atoms with E-state index < -0.39 is 12.6 Å². The lowest BCUT2D eigenvalue weighted by Crippen LogP contribution is -2.22. The third-order valence-electron chi connectivity index (χ3n) is 4.47. The first-order valence-electron chi connectivity index (χ1n) is 10.2. The van der Waals surface area contributed by atoms with E-state index in [4.69, 9.17) is 9.88 Å². The van der Waals surface area contributed by atoms with Crippen molar-refractivity contribution in [1.82, 2.24) is 10.6 Å². The van der Waals surface area contributed by atoms with Gasteiger partial charge in [-0.25, -0.2) is 0 Å². The SMILES string of the molecule is CCCCNC1=CC(CCNCCC(F)(F)F)=CC(SN)=C(Oc2ccccc2)C1. The summed E-state index contributed by atoms with van der Waals surface area (Å²) in [6.07, 6.45) is 2.34. The molecule has 0 radical (unpaired) electrons. The molecule has 0 saturated carbocycles. The number of hydrogen-bond acceptors (Lipinski definition) is 5. The second-order valence-electron chi connectivity index (χ2n) is 7.03. The fraction of sp³-hybridized carbons (Fsp3) is 0.455. The van der Waals surface area contributed by atoms with Crippen LogP contribution in [-0.4, -0.2) is 25.8 Å². The summed E-state index contributed by atoms with van der Waals surface area (Å²) in [6, 6.07) is 9.52. The Morgan fingerprint density at radius 1 is 1.10 bits per heavy atom. The van der Waals surface area contributed by atoms with E-state index in [1.807, 2.05) is 36.4 Å². The highest BCUT2D eigenvalue weighted by atomic mass is 32.2. The average Bonchev–Trinajstić information content (AvgIpc) is 2.87. The standard InChI is InChI=1S/C22H30F3N3OS/c1-2-3-11-28-18-14-17(9-12-27-13-10-22(23,24)25)15-21(30-26)20(16-18)29-19-7-5-4-6-8-19/h4-8,14-15,27-28H,2-3,9-13,16,26H2,1H3. The van der Waals surface area contributed by atoms with Gasteiger partial charge in [0.15, 0.2) is 0 Å². The summed E-state index contributed by atoms with van der Waals surface area (Å²) in [5.41, 5.74) is 2.01. The first kappa shape index (κ1) is 24.4. The molecule has 30 heavy (non-hydrogen) atoms. The van der Waals surface area contributed by atoms with E-state index in [1.165, 1.54) is 0 Å². The van der Waals surface area contributed by atoms with E-state index in [2.05, 4.69) is 23.6 Å². The normalized spacial score (nSPS) is 14.8. The number of alkyl halides is 3. The Morgan fingerprint density at radius 3 is 2.53 bits per heavy atom. The van der Waals surface area contributed by atoms with Gasteiger partial charge in [-0.1, -0.05) is 31.5 Å². The van der Waals surface area contributed by atoms with Crippen LogP contribution in [0.4, 0.5) is 13.2 Å². The Bertz CT molecular complexity index is 746. The highest BCUT2D eigenvalue weighted by Gasteiger charge is 2.25. The van der Waals surface area contributed by atoms with Crippen LogP contribution >= 0.6 is 11.9 Å². The molecule has 1 aromatic rings. The minimum absolute atomic E-state index is 0.0845. The smallest absolute Gasteiger partial charge is 0.390 e. The zero-order valence-corrected chi connectivity index (χ0v) is 18.0. The molecule has 0 fully saturated rings. The number of allylic oxidation sites excluding steroid dienone is 2. The van der Waals surface area contributed by atoms with Gasteiger partial charge in [0.1, 0.15) is 11.5 Å². The minimum atomic E-state index is -4.14. The van der Waals surface area contributed by atoms with Gasteiger partial charge in [0.2, 0.25) is 0 Å². The monoisotopic (exact) mass is 441 g/mol. The number of hydrogen-bond donors (Lipinski definition) is 3.